The van der Waals surface area contributed by atoms with Crippen LogP contribution < -0.4 is 0 Å². The second kappa shape index (κ2) is 17.0. The van der Waals surface area contributed by atoms with Gasteiger partial charge in [0.05, 0.1) is 0 Å². The fourth-order valence-electron chi connectivity index (χ4n) is 0. The third-order valence-corrected chi connectivity index (χ3v) is 0. The van der Waals surface area contributed by atoms with E-state index >= 15 is 0 Å². The maximum atomic E-state index is 9.81. The second-order valence-corrected chi connectivity index (χ2v) is 0.711. The van der Waals surface area contributed by atoms with E-state index in [4.69, 9.17) is 0 Å². The Labute approximate surface area is 47.7 Å². The average molecular weight is 200 g/mol. The second-order valence-electron chi connectivity index (χ2n) is 0.146. The zero-order valence-electron chi connectivity index (χ0n) is 2.54. The molecule has 6 heteroatoms. The van der Waals surface area contributed by atoms with E-state index < -0.39 is 33.4 Å². The van der Waals surface area contributed by atoms with Crippen LogP contribution in [0.1, 0.15) is 0 Å². The van der Waals surface area contributed by atoms with Gasteiger partial charge in [0.15, 0.2) is 0 Å². The summed E-state index contributed by atoms with van der Waals surface area (Å²) >= 11 is -4.25. The Kier molecular flexibility index (Phi) is 28.2. The predicted octanol–water partition coefficient (Wildman–Crippen LogP) is 1.68. The van der Waals surface area contributed by atoms with Gasteiger partial charge < -0.3 is 0 Å². The van der Waals surface area contributed by atoms with Gasteiger partial charge in [-0.15, -0.1) is 0 Å². The van der Waals surface area contributed by atoms with Crippen LogP contribution in [-0.2, 0) is 33.4 Å². The van der Waals surface area contributed by atoms with Crippen molar-refractivity contribution in [2.24, 2.45) is 0 Å². The van der Waals surface area contributed by atoms with E-state index in [1.54, 1.807) is 0 Å². The van der Waals surface area contributed by atoms with Crippen LogP contribution in [0, 0.1) is 0 Å². The van der Waals surface area contributed by atoms with Crippen molar-refractivity contribution in [2.45, 2.75) is 0 Å². The monoisotopic (exact) mass is 198 g/mol. The molecule has 0 aliphatic rings. The summed E-state index contributed by atoms with van der Waals surface area (Å²) in [7, 11) is 0. The molecule has 6 heavy (non-hydrogen) atoms. The minimum absolute atomic E-state index is 1.38. The van der Waals surface area contributed by atoms with Crippen LogP contribution in [0.4, 0.5) is 13.8 Å². The molecule has 0 amide bonds. The summed E-state index contributed by atoms with van der Waals surface area (Å²) in [5.41, 5.74) is 0. The molecule has 0 N–H and O–H groups in total. The molecule has 0 aliphatic heterocycles. The van der Waals surface area contributed by atoms with Crippen LogP contribution in [0.2, 0.25) is 0 Å². The molecule has 0 aliphatic carbocycles. The Morgan fingerprint density at radius 1 is 1.17 bits per heavy atom. The molecular weight excluding hydrogens is 200 g/mol. The van der Waals surface area contributed by atoms with Crippen molar-refractivity contribution in [2.75, 3.05) is 0 Å². The van der Waals surface area contributed by atoms with E-state index in [2.05, 4.69) is 0 Å². The first-order chi connectivity index (χ1) is 2.83. The van der Waals surface area contributed by atoms with Crippen molar-refractivity contribution in [1.29, 1.82) is 0 Å². The summed E-state index contributed by atoms with van der Waals surface area (Å²) in [4.78, 5) is 0. The third-order valence-electron chi connectivity index (χ3n) is 0. The summed E-state index contributed by atoms with van der Waals surface area (Å²) in [6, 6.07) is 0. The molecule has 0 unspecified atom stereocenters. The van der Waals surface area contributed by atoms with Crippen LogP contribution in [0.15, 0.2) is 0 Å². The fraction of sp³-hybridized carbons (Fsp3) is 0. The first-order valence-corrected chi connectivity index (χ1v) is 3.76. The van der Waals surface area contributed by atoms with E-state index in [1.807, 2.05) is 0 Å². The molecule has 0 spiro atoms. The first-order valence-electron chi connectivity index (χ1n) is 0.774. The van der Waals surface area contributed by atoms with Gasteiger partial charge in [0.25, 0.3) is 0 Å². The van der Waals surface area contributed by atoms with Gasteiger partial charge in [-0.2, -0.15) is 0 Å². The van der Waals surface area contributed by atoms with Crippen LogP contribution in [-0.4, -0.2) is 0 Å². The third kappa shape index (κ3) is 102. The summed E-state index contributed by atoms with van der Waals surface area (Å²) in [5, 5.41) is 0. The fourth-order valence-corrected chi connectivity index (χ4v) is 0. The van der Waals surface area contributed by atoms with Gasteiger partial charge >= 0.3 is 47.3 Å². The van der Waals surface area contributed by atoms with Crippen molar-refractivity contribution in [3.63, 3.8) is 0 Å². The molecule has 0 saturated carbocycles. The summed E-state index contributed by atoms with van der Waals surface area (Å²) < 4.78 is 38.8. The van der Waals surface area contributed by atoms with Gasteiger partial charge in [-0.3, -0.25) is 0 Å². The average Bonchev–Trinajstić information content (AvgIpc) is 1.39. The molecule has 0 aromatic carbocycles. The first kappa shape index (κ1) is 9.96. The normalized spacial score (nSPS) is 5.33. The molecule has 0 nitrogen and oxygen atoms in total. The zero-order valence-corrected chi connectivity index (χ0v) is 6.49. The predicted molar refractivity (Wildman–Crippen MR) is 4.43 cm³/mol. The van der Waals surface area contributed by atoms with Crippen LogP contribution in [0.5, 0.6) is 0 Å². The van der Waals surface area contributed by atoms with E-state index in [9.17, 15) is 13.8 Å². The Morgan fingerprint density at radius 2 is 1.17 bits per heavy atom. The standard InChI is InChI=1S/4FH.Ni.Zn/h4*1H;;/q;;;;2*+2/p-4. The summed E-state index contributed by atoms with van der Waals surface area (Å²) in [6.45, 7) is 0. The van der Waals surface area contributed by atoms with Gasteiger partial charge in [-0.05, 0) is 0 Å². The number of halogens is 4. The van der Waals surface area contributed by atoms with Crippen LogP contribution in [0.25, 0.3) is 0 Å². The molecule has 0 heterocycles. The number of hydrogen-bond donors (Lipinski definition) is 0. The summed E-state index contributed by atoms with van der Waals surface area (Å²) in [5.74, 6) is 0. The van der Waals surface area contributed by atoms with E-state index in [1.165, 1.54) is 0 Å². The van der Waals surface area contributed by atoms with E-state index in [0.29, 0.717) is 0 Å². The Morgan fingerprint density at radius 3 is 1.17 bits per heavy atom. The van der Waals surface area contributed by atoms with Gasteiger partial charge in [-0.25, -0.2) is 0 Å². The van der Waals surface area contributed by atoms with Crippen LogP contribution in [0.3, 0.4) is 0 Å². The van der Waals surface area contributed by atoms with Crippen molar-refractivity contribution in [1.82, 2.24) is 0 Å². The molecule has 0 radical (unpaired) electrons. The molecule has 0 saturated heterocycles. The molecule has 0 atom stereocenters. The number of rotatable bonds is 0. The molecule has 0 fully saturated rings. The zero-order chi connectivity index (χ0) is 5.41. The Bertz CT molecular complexity index is 9.51. The Balaban J connectivity index is 0. The number of hydrogen-bond acceptors (Lipinski definition) is 0. The quantitative estimate of drug-likeness (QED) is 0.412. The van der Waals surface area contributed by atoms with Gasteiger partial charge in [0, 0.05) is 0 Å². The molecular formula is F4NiZn. The molecule has 0 aromatic heterocycles. The van der Waals surface area contributed by atoms with Gasteiger partial charge in [-0.1, -0.05) is 0 Å². The van der Waals surface area contributed by atoms with E-state index in [-0.39, 0.29) is 0 Å². The van der Waals surface area contributed by atoms with Crippen molar-refractivity contribution in [3.05, 3.63) is 0 Å². The maximum absolute atomic E-state index is 9.81. The van der Waals surface area contributed by atoms with Gasteiger partial charge in [0.1, 0.15) is 0 Å². The van der Waals surface area contributed by atoms with E-state index in [0.717, 1.165) is 0 Å². The molecule has 0 aromatic rings. The van der Waals surface area contributed by atoms with Crippen molar-refractivity contribution >= 4 is 0 Å². The summed E-state index contributed by atoms with van der Waals surface area (Å²) in [6.07, 6.45) is 0. The molecule has 0 bridgehead atoms. The Hall–Kier alpha value is 0.837. The SMILES string of the molecule is [F][Ni][F].[F][Zn][F]. The van der Waals surface area contributed by atoms with Gasteiger partial charge in [0.2, 0.25) is 0 Å². The topological polar surface area (TPSA) is 0 Å². The van der Waals surface area contributed by atoms with Crippen molar-refractivity contribution in [3.8, 4) is 0 Å². The molecule has 0 rings (SSSR count). The van der Waals surface area contributed by atoms with Crippen LogP contribution >= 0.6 is 0 Å². The van der Waals surface area contributed by atoms with Crippen molar-refractivity contribution < 1.29 is 47.3 Å². The molecule has 40 valence electrons. The minimum atomic E-state index is -2.88.